The number of benzene rings is 3. The zero-order valence-electron chi connectivity index (χ0n) is 25.7. The number of aromatic nitrogens is 1. The SMILES string of the molecule is CCOC(=O)C1=C(C)N=c2s/c(=C/c3cc(OC)c(OCc4ccc(Cl)cc4Cl)cc3Br)c(=O)n2[C@H]1c1ccccc1OC(C)C. The van der Waals surface area contributed by atoms with Crippen molar-refractivity contribution in [3.8, 4) is 17.2 Å². The molecule has 240 valence electrons. The summed E-state index contributed by atoms with van der Waals surface area (Å²) in [5.41, 5.74) is 2.55. The van der Waals surface area contributed by atoms with Gasteiger partial charge < -0.3 is 18.9 Å². The fourth-order valence-corrected chi connectivity index (χ4v) is 6.96. The van der Waals surface area contributed by atoms with Crippen LogP contribution in [0.25, 0.3) is 6.08 Å². The zero-order valence-corrected chi connectivity index (χ0v) is 29.6. The predicted octanol–water partition coefficient (Wildman–Crippen LogP) is 7.24. The molecule has 4 aromatic rings. The normalized spacial score (nSPS) is 14.6. The Kier molecular flexibility index (Phi) is 10.6. The van der Waals surface area contributed by atoms with Crippen LogP contribution in [0.3, 0.4) is 0 Å². The van der Waals surface area contributed by atoms with Crippen LogP contribution in [0.1, 0.15) is 50.4 Å². The second kappa shape index (κ2) is 14.5. The zero-order chi connectivity index (χ0) is 33.1. The molecule has 0 spiro atoms. The fraction of sp³-hybridized carbons (Fsp3) is 0.265. The highest BCUT2D eigenvalue weighted by Crippen LogP contribution is 2.37. The van der Waals surface area contributed by atoms with Crippen LogP contribution in [0.5, 0.6) is 17.2 Å². The van der Waals surface area contributed by atoms with Crippen LogP contribution in [-0.2, 0) is 16.1 Å². The van der Waals surface area contributed by atoms with Crippen molar-refractivity contribution in [2.45, 2.75) is 46.4 Å². The summed E-state index contributed by atoms with van der Waals surface area (Å²) in [5.74, 6) is 0.975. The Labute approximate surface area is 288 Å². The third-order valence-electron chi connectivity index (χ3n) is 7.06. The average Bonchev–Trinajstić information content (AvgIpc) is 3.31. The lowest BCUT2D eigenvalue weighted by atomic mass is 9.95. The minimum atomic E-state index is -0.805. The van der Waals surface area contributed by atoms with Gasteiger partial charge in [-0.15, -0.1) is 0 Å². The predicted molar refractivity (Wildman–Crippen MR) is 184 cm³/mol. The average molecular weight is 747 g/mol. The second-order valence-corrected chi connectivity index (χ2v) is 13.3. The van der Waals surface area contributed by atoms with Gasteiger partial charge in [0, 0.05) is 25.6 Å². The molecule has 0 radical (unpaired) electrons. The first kappa shape index (κ1) is 33.8. The highest BCUT2D eigenvalue weighted by atomic mass is 79.9. The largest absolute Gasteiger partial charge is 0.493 e. The number of carbonyl (C=O) groups excluding carboxylic acids is 1. The van der Waals surface area contributed by atoms with Crippen LogP contribution in [0.4, 0.5) is 0 Å². The van der Waals surface area contributed by atoms with Crippen LogP contribution >= 0.6 is 50.5 Å². The number of fused-ring (bicyclic) bond motifs is 1. The fourth-order valence-electron chi connectivity index (χ4n) is 5.02. The Morgan fingerprint density at radius 3 is 2.57 bits per heavy atom. The summed E-state index contributed by atoms with van der Waals surface area (Å²) in [6.45, 7) is 7.71. The molecule has 1 atom stereocenters. The third-order valence-corrected chi connectivity index (χ3v) is 9.32. The number of esters is 1. The van der Waals surface area contributed by atoms with Crippen molar-refractivity contribution in [1.29, 1.82) is 0 Å². The number of ether oxygens (including phenoxy) is 4. The molecule has 0 N–H and O–H groups in total. The highest BCUT2D eigenvalue weighted by molar-refractivity contribution is 9.10. The highest BCUT2D eigenvalue weighted by Gasteiger charge is 2.35. The Bertz CT molecular complexity index is 2020. The lowest BCUT2D eigenvalue weighted by Crippen LogP contribution is -2.40. The lowest BCUT2D eigenvalue weighted by molar-refractivity contribution is -0.139. The van der Waals surface area contributed by atoms with Gasteiger partial charge in [0.15, 0.2) is 16.3 Å². The second-order valence-electron chi connectivity index (χ2n) is 10.6. The molecule has 0 aliphatic carbocycles. The van der Waals surface area contributed by atoms with Crippen molar-refractivity contribution in [2.75, 3.05) is 13.7 Å². The summed E-state index contributed by atoms with van der Waals surface area (Å²) in [4.78, 5) is 32.6. The van der Waals surface area contributed by atoms with Crippen molar-refractivity contribution < 1.29 is 23.7 Å². The Balaban J connectivity index is 1.60. The van der Waals surface area contributed by atoms with Crippen molar-refractivity contribution in [1.82, 2.24) is 4.57 Å². The van der Waals surface area contributed by atoms with Crippen molar-refractivity contribution in [3.05, 3.63) is 117 Å². The summed E-state index contributed by atoms with van der Waals surface area (Å²) in [6.07, 6.45) is 1.63. The Morgan fingerprint density at radius 1 is 1.11 bits per heavy atom. The molecule has 1 aliphatic heterocycles. The standard InChI is InChI=1S/C34H31BrCl2N2O6S/c1-6-43-33(41)30-19(4)38-34-39(31(30)23-9-7-8-10-26(23)45-18(2)3)32(40)29(46-34)14-21-13-27(42-5)28(16-24(21)35)44-17-20-11-12-22(36)15-25(20)37/h7-16,18,31H,6,17H2,1-5H3/b29-14+/t31-/m0/s1. The first-order valence-electron chi connectivity index (χ1n) is 14.4. The number of halogens is 3. The van der Waals surface area contributed by atoms with Gasteiger partial charge in [0.1, 0.15) is 18.4 Å². The van der Waals surface area contributed by atoms with Gasteiger partial charge in [0.2, 0.25) is 0 Å². The number of para-hydroxylation sites is 1. The molecule has 2 heterocycles. The van der Waals surface area contributed by atoms with Crippen LogP contribution < -0.4 is 29.1 Å². The number of hydrogen-bond acceptors (Lipinski definition) is 8. The van der Waals surface area contributed by atoms with Gasteiger partial charge in [-0.05, 0) is 69.7 Å². The van der Waals surface area contributed by atoms with E-state index >= 15 is 0 Å². The molecule has 0 fully saturated rings. The lowest BCUT2D eigenvalue weighted by Gasteiger charge is -2.26. The van der Waals surface area contributed by atoms with Gasteiger partial charge in [-0.2, -0.15) is 0 Å². The molecule has 0 saturated carbocycles. The molecule has 0 amide bonds. The first-order valence-corrected chi connectivity index (χ1v) is 16.8. The van der Waals surface area contributed by atoms with Gasteiger partial charge in [0.05, 0.1) is 35.6 Å². The van der Waals surface area contributed by atoms with Crippen LogP contribution in [0.15, 0.2) is 80.1 Å². The number of rotatable bonds is 10. The Morgan fingerprint density at radius 2 is 1.87 bits per heavy atom. The van der Waals surface area contributed by atoms with Crippen LogP contribution in [0.2, 0.25) is 10.0 Å². The van der Waals surface area contributed by atoms with Crippen LogP contribution in [0, 0.1) is 0 Å². The molecule has 1 aromatic heterocycles. The topological polar surface area (TPSA) is 88.4 Å². The maximum absolute atomic E-state index is 14.2. The van der Waals surface area contributed by atoms with Gasteiger partial charge in [-0.3, -0.25) is 9.36 Å². The number of thiazole rings is 1. The number of methoxy groups -OCH3 is 1. The molecule has 46 heavy (non-hydrogen) atoms. The molecule has 0 unspecified atom stereocenters. The number of carbonyl (C=O) groups is 1. The van der Waals surface area contributed by atoms with E-state index in [1.165, 1.54) is 15.9 Å². The van der Waals surface area contributed by atoms with E-state index in [4.69, 9.17) is 42.1 Å². The molecule has 5 rings (SSSR count). The molecule has 0 bridgehead atoms. The molecule has 0 saturated heterocycles. The van der Waals surface area contributed by atoms with Crippen molar-refractivity contribution in [3.63, 3.8) is 0 Å². The molecule has 3 aromatic carbocycles. The van der Waals surface area contributed by atoms with E-state index in [0.29, 0.717) is 57.9 Å². The number of hydrogen-bond donors (Lipinski definition) is 0. The van der Waals surface area contributed by atoms with E-state index in [0.717, 1.165) is 5.56 Å². The van der Waals surface area contributed by atoms with Gasteiger partial charge in [0.25, 0.3) is 5.56 Å². The molecule has 12 heteroatoms. The first-order chi connectivity index (χ1) is 22.0. The van der Waals surface area contributed by atoms with E-state index < -0.39 is 12.0 Å². The van der Waals surface area contributed by atoms with E-state index in [9.17, 15) is 9.59 Å². The summed E-state index contributed by atoms with van der Waals surface area (Å²) >= 11 is 17.2. The van der Waals surface area contributed by atoms with Crippen LogP contribution in [-0.4, -0.2) is 30.4 Å². The third kappa shape index (κ3) is 7.05. The van der Waals surface area contributed by atoms with Crippen molar-refractivity contribution in [2.24, 2.45) is 4.99 Å². The van der Waals surface area contributed by atoms with E-state index in [-0.39, 0.29) is 30.5 Å². The van der Waals surface area contributed by atoms with E-state index in [1.807, 2.05) is 38.1 Å². The maximum Gasteiger partial charge on any atom is 0.338 e. The van der Waals surface area contributed by atoms with Crippen molar-refractivity contribution >= 4 is 62.5 Å². The summed E-state index contributed by atoms with van der Waals surface area (Å²) in [6, 6.07) is 15.3. The quantitative estimate of drug-likeness (QED) is 0.159. The summed E-state index contributed by atoms with van der Waals surface area (Å²) in [7, 11) is 1.54. The number of nitrogens with zero attached hydrogens (tertiary/aromatic N) is 2. The van der Waals surface area contributed by atoms with E-state index in [2.05, 4.69) is 20.9 Å². The monoisotopic (exact) mass is 744 g/mol. The van der Waals surface area contributed by atoms with Gasteiger partial charge in [-0.25, -0.2) is 9.79 Å². The molecule has 8 nitrogen and oxygen atoms in total. The molecule has 1 aliphatic rings. The number of allylic oxidation sites excluding steroid dienone is 1. The Hall–Kier alpha value is -3.57. The summed E-state index contributed by atoms with van der Waals surface area (Å²) in [5, 5.41) is 1.03. The molecular weight excluding hydrogens is 715 g/mol. The molecular formula is C34H31BrCl2N2O6S. The minimum Gasteiger partial charge on any atom is -0.493 e. The summed E-state index contributed by atoms with van der Waals surface area (Å²) < 4.78 is 25.9. The van der Waals surface area contributed by atoms with Gasteiger partial charge >= 0.3 is 5.97 Å². The maximum atomic E-state index is 14.2. The van der Waals surface area contributed by atoms with E-state index in [1.54, 1.807) is 57.4 Å². The smallest absolute Gasteiger partial charge is 0.338 e. The van der Waals surface area contributed by atoms with Gasteiger partial charge in [-0.1, -0.05) is 74.7 Å². The minimum absolute atomic E-state index is 0.129.